The van der Waals surface area contributed by atoms with Crippen molar-refractivity contribution in [3.05, 3.63) is 76.2 Å². The number of anilines is 1. The monoisotopic (exact) mass is 714 g/mol. The van der Waals surface area contributed by atoms with Crippen LogP contribution in [-0.2, 0) is 25.6 Å². The highest BCUT2D eigenvalue weighted by atomic mass is 35.5. The molecular formula is C37H39ClN6O3S2. The molecule has 2 aromatic carbocycles. The van der Waals surface area contributed by atoms with Crippen molar-refractivity contribution in [3.8, 4) is 16.9 Å². The van der Waals surface area contributed by atoms with E-state index in [4.69, 9.17) is 26.5 Å². The molecule has 1 atom stereocenters. The van der Waals surface area contributed by atoms with E-state index in [9.17, 15) is 9.90 Å². The van der Waals surface area contributed by atoms with E-state index in [-0.39, 0.29) is 11.2 Å². The number of nitrogens with one attached hydrogen (secondary N) is 1. The number of aromatic nitrogens is 3. The SMILES string of the molecule is CN1N=C2CSCc3nn4ccccc4c3-c3c(Cl)ccc4c(c(C(=O)O)n(C)c34)CCCOc3cc(cc4c3NCCC4)SCC1(C)C2. The predicted octanol–water partition coefficient (Wildman–Crippen LogP) is 8.00. The molecule has 1 unspecified atom stereocenters. The van der Waals surface area contributed by atoms with Gasteiger partial charge in [-0.05, 0) is 74.1 Å². The van der Waals surface area contributed by atoms with E-state index >= 15 is 0 Å². The van der Waals surface area contributed by atoms with Gasteiger partial charge in [-0.25, -0.2) is 9.31 Å². The average Bonchev–Trinajstić information content (AvgIpc) is 3.69. The molecule has 8 bridgehead atoms. The maximum atomic E-state index is 12.8. The Kier molecular flexibility index (Phi) is 8.48. The molecule has 3 aliphatic rings. The van der Waals surface area contributed by atoms with Gasteiger partial charge in [0, 0.05) is 71.9 Å². The van der Waals surface area contributed by atoms with Crippen molar-refractivity contribution in [1.82, 2.24) is 19.2 Å². The van der Waals surface area contributed by atoms with Crippen LogP contribution in [0.1, 0.15) is 53.5 Å². The minimum atomic E-state index is -0.959. The van der Waals surface area contributed by atoms with Crippen LogP contribution in [0.3, 0.4) is 0 Å². The van der Waals surface area contributed by atoms with Gasteiger partial charge in [0.15, 0.2) is 0 Å². The van der Waals surface area contributed by atoms with Crippen LogP contribution in [0.5, 0.6) is 5.75 Å². The molecule has 0 radical (unpaired) electrons. The Morgan fingerprint density at radius 3 is 2.84 bits per heavy atom. The number of hydrogen-bond donors (Lipinski definition) is 2. The first kappa shape index (κ1) is 32.4. The number of hydrazone groups is 1. The van der Waals surface area contributed by atoms with E-state index in [1.165, 1.54) is 16.2 Å². The van der Waals surface area contributed by atoms with Crippen LogP contribution in [0.25, 0.3) is 27.5 Å². The summed E-state index contributed by atoms with van der Waals surface area (Å²) in [5.41, 5.74) is 8.90. The fourth-order valence-corrected chi connectivity index (χ4v) is 9.92. The normalized spacial score (nSPS) is 19.9. The number of benzene rings is 2. The third-order valence-corrected chi connectivity index (χ3v) is 12.8. The summed E-state index contributed by atoms with van der Waals surface area (Å²) in [6.45, 7) is 3.69. The number of thioether (sulfide) groups is 2. The summed E-state index contributed by atoms with van der Waals surface area (Å²) >= 11 is 10.7. The number of ether oxygens (including phenoxy) is 1. The average molecular weight is 715 g/mol. The van der Waals surface area contributed by atoms with Crippen molar-refractivity contribution in [2.45, 2.75) is 55.2 Å². The standard InChI is InChI=1S/C37H39ClN6O3S2/c1-37-18-23(40-43(37)3)19-48-20-28-32(29-10-4-5-14-44(29)41-28)31-27(38)12-11-26-25(35(36(45)46)42(2)34(26)31)9-7-15-47-30-17-24(49-21-37)16-22-8-6-13-39-33(22)30/h4-5,10-12,14,16-17,39H,6-9,13,15,18-21H2,1-3H3,(H,45,46). The molecule has 12 heteroatoms. The number of pyridine rings is 1. The van der Waals surface area contributed by atoms with Crippen LogP contribution in [0, 0.1) is 0 Å². The maximum Gasteiger partial charge on any atom is 0.352 e. The number of aryl methyl sites for hydroxylation is 3. The smallest absolute Gasteiger partial charge is 0.352 e. The number of rotatable bonds is 1. The summed E-state index contributed by atoms with van der Waals surface area (Å²) in [5, 5.41) is 27.7. The highest BCUT2D eigenvalue weighted by Gasteiger charge is 2.36. The number of carboxylic acid groups (broad SMARTS) is 1. The fraction of sp³-hybridized carbons (Fsp3) is 0.378. The molecule has 254 valence electrons. The summed E-state index contributed by atoms with van der Waals surface area (Å²) in [4.78, 5) is 14.0. The molecule has 0 fully saturated rings. The second-order valence-corrected chi connectivity index (χ2v) is 15.9. The van der Waals surface area contributed by atoms with Gasteiger partial charge in [-0.2, -0.15) is 10.2 Å². The Morgan fingerprint density at radius 1 is 1.10 bits per heavy atom. The highest BCUT2D eigenvalue weighted by Crippen LogP contribution is 2.44. The molecule has 8 rings (SSSR count). The number of carbonyl (C=O) groups is 1. The molecule has 3 aliphatic heterocycles. The zero-order chi connectivity index (χ0) is 33.9. The van der Waals surface area contributed by atoms with E-state index in [0.29, 0.717) is 30.2 Å². The van der Waals surface area contributed by atoms with Crippen LogP contribution < -0.4 is 10.1 Å². The van der Waals surface area contributed by atoms with Crippen molar-refractivity contribution in [2.75, 3.05) is 37.0 Å². The van der Waals surface area contributed by atoms with Crippen molar-refractivity contribution in [2.24, 2.45) is 12.1 Å². The van der Waals surface area contributed by atoms with Crippen molar-refractivity contribution >= 4 is 68.9 Å². The summed E-state index contributed by atoms with van der Waals surface area (Å²) < 4.78 is 10.2. The van der Waals surface area contributed by atoms with Crippen molar-refractivity contribution in [3.63, 3.8) is 0 Å². The Balaban J connectivity index is 1.25. The molecule has 0 saturated heterocycles. The molecule has 2 N–H and O–H groups in total. The minimum Gasteiger partial charge on any atom is -0.491 e. The third kappa shape index (κ3) is 5.73. The number of hydrogen-bond acceptors (Lipinski definition) is 8. The predicted molar refractivity (Wildman–Crippen MR) is 201 cm³/mol. The highest BCUT2D eigenvalue weighted by molar-refractivity contribution is 7.99. The molecular weight excluding hydrogens is 676 g/mol. The van der Waals surface area contributed by atoms with Crippen LogP contribution in [-0.4, -0.2) is 73.2 Å². The van der Waals surface area contributed by atoms with Crippen LogP contribution >= 0.6 is 35.1 Å². The number of nitrogens with zero attached hydrogens (tertiary/aromatic N) is 5. The van der Waals surface area contributed by atoms with Gasteiger partial charge in [-0.1, -0.05) is 23.7 Å². The molecule has 6 heterocycles. The van der Waals surface area contributed by atoms with Crippen molar-refractivity contribution in [1.29, 1.82) is 0 Å². The van der Waals surface area contributed by atoms with E-state index < -0.39 is 5.97 Å². The Hall–Kier alpha value is -3.80. The molecule has 5 aromatic rings. The molecule has 3 aromatic heterocycles. The third-order valence-electron chi connectivity index (χ3n) is 10.1. The van der Waals surface area contributed by atoms with Gasteiger partial charge >= 0.3 is 5.97 Å². The van der Waals surface area contributed by atoms with Gasteiger partial charge in [0.05, 0.1) is 45.3 Å². The Morgan fingerprint density at radius 2 is 1.98 bits per heavy atom. The number of halogens is 1. The molecule has 0 amide bonds. The van der Waals surface area contributed by atoms with Gasteiger partial charge in [-0.3, -0.25) is 5.01 Å². The number of carboxylic acids is 1. The lowest BCUT2D eigenvalue weighted by Gasteiger charge is -2.31. The molecule has 0 saturated carbocycles. The topological polar surface area (TPSA) is 96.4 Å². The van der Waals surface area contributed by atoms with E-state index in [1.54, 1.807) is 16.3 Å². The molecule has 9 nitrogen and oxygen atoms in total. The zero-order valence-electron chi connectivity index (χ0n) is 27.9. The number of fused-ring (bicyclic) bond motifs is 10. The van der Waals surface area contributed by atoms with Crippen LogP contribution in [0.15, 0.2) is 58.7 Å². The van der Waals surface area contributed by atoms with Gasteiger partial charge in [-0.15, -0.1) is 23.5 Å². The first-order valence-corrected chi connectivity index (χ1v) is 19.3. The second kappa shape index (κ2) is 12.8. The first-order chi connectivity index (χ1) is 23.7. The fourth-order valence-electron chi connectivity index (χ4n) is 7.60. The molecule has 49 heavy (non-hydrogen) atoms. The quantitative estimate of drug-likeness (QED) is 0.180. The van der Waals surface area contributed by atoms with Gasteiger partial charge in [0.2, 0.25) is 0 Å². The van der Waals surface area contributed by atoms with Crippen LogP contribution in [0.4, 0.5) is 5.69 Å². The van der Waals surface area contributed by atoms with Gasteiger partial charge < -0.3 is 19.7 Å². The molecule has 0 aliphatic carbocycles. The summed E-state index contributed by atoms with van der Waals surface area (Å²) in [7, 11) is 3.92. The van der Waals surface area contributed by atoms with E-state index in [2.05, 4.69) is 36.4 Å². The lowest BCUT2D eigenvalue weighted by Crippen LogP contribution is -2.39. The van der Waals surface area contributed by atoms with Crippen molar-refractivity contribution < 1.29 is 14.6 Å². The largest absolute Gasteiger partial charge is 0.491 e. The van der Waals surface area contributed by atoms with E-state index in [1.807, 2.05) is 59.9 Å². The lowest BCUT2D eigenvalue weighted by atomic mass is 9.98. The maximum absolute atomic E-state index is 12.8. The second-order valence-electron chi connectivity index (χ2n) is 13.4. The Bertz CT molecular complexity index is 2160. The zero-order valence-corrected chi connectivity index (χ0v) is 30.3. The minimum absolute atomic E-state index is 0.0994. The van der Waals surface area contributed by atoms with Gasteiger partial charge in [0.25, 0.3) is 0 Å². The van der Waals surface area contributed by atoms with Crippen LogP contribution in [0.2, 0.25) is 5.02 Å². The number of aromatic carboxylic acids is 1. The Labute approximate surface area is 299 Å². The lowest BCUT2D eigenvalue weighted by molar-refractivity contribution is 0.0685. The summed E-state index contributed by atoms with van der Waals surface area (Å²) in [6, 6.07) is 14.4. The molecule has 0 spiro atoms. The summed E-state index contributed by atoms with van der Waals surface area (Å²) in [6.07, 6.45) is 6.17. The van der Waals surface area contributed by atoms with E-state index in [0.717, 1.165) is 87.6 Å². The van der Waals surface area contributed by atoms with Gasteiger partial charge in [0.1, 0.15) is 11.4 Å². The first-order valence-electron chi connectivity index (χ1n) is 16.8. The summed E-state index contributed by atoms with van der Waals surface area (Å²) in [5.74, 6) is 2.26.